The molecular weight excluding hydrogens is 533 g/mol. The molecule has 1 fully saturated rings. The Kier molecular flexibility index (Phi) is 9.47. The molecule has 0 aliphatic carbocycles. The quantitative estimate of drug-likeness (QED) is 0.220. The highest BCUT2D eigenvalue weighted by Gasteiger charge is 2.42. The molecule has 0 radical (unpaired) electrons. The van der Waals surface area contributed by atoms with Gasteiger partial charge in [0.1, 0.15) is 6.04 Å². The average Bonchev–Trinajstić information content (AvgIpc) is 3.00. The van der Waals surface area contributed by atoms with E-state index in [4.69, 9.17) is 12.2 Å². The van der Waals surface area contributed by atoms with Crippen molar-refractivity contribution in [2.75, 3.05) is 11.9 Å². The minimum absolute atomic E-state index is 0.0885. The molecule has 0 bridgehead atoms. The number of benzene rings is 2. The van der Waals surface area contributed by atoms with Crippen LogP contribution in [0.1, 0.15) is 51.0 Å². The Morgan fingerprint density at radius 3 is 2.41 bits per heavy atom. The third-order valence-electron chi connectivity index (χ3n) is 5.60. The van der Waals surface area contributed by atoms with Gasteiger partial charge in [-0.1, -0.05) is 62.9 Å². The van der Waals surface area contributed by atoms with Gasteiger partial charge in [0, 0.05) is 15.8 Å². The van der Waals surface area contributed by atoms with Crippen LogP contribution in [-0.2, 0) is 16.1 Å². The van der Waals surface area contributed by atoms with Crippen LogP contribution >= 0.6 is 34.8 Å². The van der Waals surface area contributed by atoms with E-state index in [9.17, 15) is 9.59 Å². The zero-order valence-corrected chi connectivity index (χ0v) is 21.4. The summed E-state index contributed by atoms with van der Waals surface area (Å²) in [6, 6.07) is 16.9. The largest absolute Gasteiger partial charge is 0.336 e. The molecule has 5 nitrogen and oxygen atoms in total. The second-order valence-corrected chi connectivity index (χ2v) is 9.69. The van der Waals surface area contributed by atoms with Crippen molar-refractivity contribution in [3.63, 3.8) is 0 Å². The van der Waals surface area contributed by atoms with Gasteiger partial charge in [-0.3, -0.25) is 14.5 Å². The van der Waals surface area contributed by atoms with E-state index in [1.165, 1.54) is 19.3 Å². The molecule has 1 aliphatic rings. The minimum atomic E-state index is -0.554. The fraction of sp³-hybridized carbons (Fsp3) is 0.400. The van der Waals surface area contributed by atoms with Gasteiger partial charge in [0.05, 0.1) is 13.0 Å². The van der Waals surface area contributed by atoms with E-state index in [1.807, 2.05) is 59.5 Å². The first kappa shape index (κ1) is 24.6. The van der Waals surface area contributed by atoms with E-state index in [0.29, 0.717) is 18.2 Å². The molecule has 2 amide bonds. The molecule has 1 aliphatic heterocycles. The normalized spacial score (nSPS) is 16.0. The molecular formula is C25H30IN3O2S. The zero-order valence-electron chi connectivity index (χ0n) is 18.4. The van der Waals surface area contributed by atoms with Gasteiger partial charge in [-0.15, -0.1) is 0 Å². The predicted octanol–water partition coefficient (Wildman–Crippen LogP) is 5.59. The Hall–Kier alpha value is -2.00. The molecule has 1 N–H and O–H groups in total. The van der Waals surface area contributed by atoms with Gasteiger partial charge < -0.3 is 10.2 Å². The Morgan fingerprint density at radius 2 is 1.72 bits per heavy atom. The maximum absolute atomic E-state index is 13.3. The summed E-state index contributed by atoms with van der Waals surface area (Å²) in [7, 11) is 0. The molecule has 1 saturated heterocycles. The van der Waals surface area contributed by atoms with Crippen LogP contribution in [0.15, 0.2) is 54.6 Å². The SMILES string of the molecule is CCCCCCCN1C(=S)N(Cc2ccccc2)C(=O)C1CC(=O)Nc1ccc(I)cc1. The molecule has 1 atom stereocenters. The van der Waals surface area contributed by atoms with Crippen molar-refractivity contribution in [3.8, 4) is 0 Å². The number of halogens is 1. The molecule has 1 heterocycles. The van der Waals surface area contributed by atoms with Gasteiger partial charge in [0.15, 0.2) is 5.11 Å². The number of amides is 2. The minimum Gasteiger partial charge on any atom is -0.336 e. The van der Waals surface area contributed by atoms with E-state index in [1.54, 1.807) is 4.90 Å². The zero-order chi connectivity index (χ0) is 22.9. The summed E-state index contributed by atoms with van der Waals surface area (Å²) in [5.41, 5.74) is 1.76. The first-order valence-electron chi connectivity index (χ1n) is 11.2. The lowest BCUT2D eigenvalue weighted by molar-refractivity contribution is -0.131. The van der Waals surface area contributed by atoms with Crippen molar-refractivity contribution < 1.29 is 9.59 Å². The Bertz CT molecular complexity index is 921. The fourth-order valence-corrected chi connectivity index (χ4v) is 4.60. The Labute approximate surface area is 209 Å². The van der Waals surface area contributed by atoms with Crippen LogP contribution in [-0.4, -0.2) is 39.3 Å². The van der Waals surface area contributed by atoms with E-state index in [-0.39, 0.29) is 18.2 Å². The Balaban J connectivity index is 1.69. The third-order valence-corrected chi connectivity index (χ3v) is 6.77. The molecule has 7 heteroatoms. The summed E-state index contributed by atoms with van der Waals surface area (Å²) in [5.74, 6) is -0.268. The molecule has 0 aromatic heterocycles. The number of carbonyl (C=O) groups is 2. The highest BCUT2D eigenvalue weighted by Crippen LogP contribution is 2.24. The number of unbranched alkanes of at least 4 members (excludes halogenated alkanes) is 4. The van der Waals surface area contributed by atoms with Gasteiger partial charge in [-0.2, -0.15) is 0 Å². The van der Waals surface area contributed by atoms with Gasteiger partial charge in [-0.25, -0.2) is 0 Å². The van der Waals surface area contributed by atoms with Crippen LogP contribution in [0.5, 0.6) is 0 Å². The monoisotopic (exact) mass is 563 g/mol. The van der Waals surface area contributed by atoms with Crippen LogP contribution in [0.2, 0.25) is 0 Å². The van der Waals surface area contributed by atoms with E-state index in [2.05, 4.69) is 34.8 Å². The van der Waals surface area contributed by atoms with Crippen LogP contribution in [0, 0.1) is 3.57 Å². The van der Waals surface area contributed by atoms with E-state index in [0.717, 1.165) is 27.7 Å². The maximum Gasteiger partial charge on any atom is 0.252 e. The van der Waals surface area contributed by atoms with Crippen molar-refractivity contribution in [3.05, 3.63) is 63.7 Å². The summed E-state index contributed by atoms with van der Waals surface area (Å²) in [6.07, 6.45) is 5.73. The van der Waals surface area contributed by atoms with Gasteiger partial charge in [0.2, 0.25) is 5.91 Å². The summed E-state index contributed by atoms with van der Waals surface area (Å²) in [5, 5.41) is 3.45. The number of thiocarbonyl (C=S) groups is 1. The number of nitrogens with zero attached hydrogens (tertiary/aromatic N) is 2. The highest BCUT2D eigenvalue weighted by molar-refractivity contribution is 14.1. The number of anilines is 1. The summed E-state index contributed by atoms with van der Waals surface area (Å²) in [6.45, 7) is 3.32. The van der Waals surface area contributed by atoms with Crippen molar-refractivity contribution in [2.45, 2.75) is 58.0 Å². The third kappa shape index (κ3) is 6.75. The topological polar surface area (TPSA) is 52.7 Å². The first-order chi connectivity index (χ1) is 15.5. The lowest BCUT2D eigenvalue weighted by Gasteiger charge is -2.24. The van der Waals surface area contributed by atoms with Gasteiger partial charge in [-0.05, 0) is 71.1 Å². The number of hydrogen-bond donors (Lipinski definition) is 1. The molecule has 1 unspecified atom stereocenters. The van der Waals surface area contributed by atoms with Crippen molar-refractivity contribution in [1.82, 2.24) is 9.80 Å². The fourth-order valence-electron chi connectivity index (χ4n) is 3.86. The Morgan fingerprint density at radius 1 is 1.03 bits per heavy atom. The van der Waals surface area contributed by atoms with Crippen molar-refractivity contribution in [2.24, 2.45) is 0 Å². The summed E-state index contributed by atoms with van der Waals surface area (Å²) >= 11 is 7.94. The van der Waals surface area contributed by atoms with E-state index < -0.39 is 6.04 Å². The molecule has 32 heavy (non-hydrogen) atoms. The molecule has 170 valence electrons. The maximum atomic E-state index is 13.3. The number of nitrogens with one attached hydrogen (secondary N) is 1. The first-order valence-corrected chi connectivity index (χ1v) is 12.7. The standard InChI is InChI=1S/C25H30IN3O2S/c1-2-3-4-5-9-16-28-22(17-23(30)27-21-14-12-20(26)13-15-21)24(31)29(25(28)32)18-19-10-7-6-8-11-19/h6-8,10-15,22H,2-5,9,16-18H2,1H3,(H,27,30). The second-order valence-electron chi connectivity index (χ2n) is 8.08. The van der Waals surface area contributed by atoms with Crippen LogP contribution < -0.4 is 5.32 Å². The average molecular weight is 564 g/mol. The predicted molar refractivity (Wildman–Crippen MR) is 141 cm³/mol. The van der Waals surface area contributed by atoms with Gasteiger partial charge in [0.25, 0.3) is 5.91 Å². The summed E-state index contributed by atoms with van der Waals surface area (Å²) < 4.78 is 1.10. The lowest BCUT2D eigenvalue weighted by atomic mass is 10.1. The summed E-state index contributed by atoms with van der Waals surface area (Å²) in [4.78, 5) is 29.7. The number of hydrogen-bond acceptors (Lipinski definition) is 3. The molecule has 3 rings (SSSR count). The number of carbonyl (C=O) groups excluding carboxylic acids is 2. The lowest BCUT2D eigenvalue weighted by Crippen LogP contribution is -2.38. The van der Waals surface area contributed by atoms with Crippen LogP contribution in [0.3, 0.4) is 0 Å². The van der Waals surface area contributed by atoms with E-state index >= 15 is 0 Å². The van der Waals surface area contributed by atoms with Crippen LogP contribution in [0.4, 0.5) is 5.69 Å². The van der Waals surface area contributed by atoms with Crippen molar-refractivity contribution >= 4 is 57.4 Å². The molecule has 0 spiro atoms. The molecule has 2 aromatic rings. The number of rotatable bonds is 11. The highest BCUT2D eigenvalue weighted by atomic mass is 127. The van der Waals surface area contributed by atoms with Crippen LogP contribution in [0.25, 0.3) is 0 Å². The molecule has 2 aromatic carbocycles. The molecule has 0 saturated carbocycles. The van der Waals surface area contributed by atoms with Gasteiger partial charge >= 0.3 is 0 Å². The van der Waals surface area contributed by atoms with Crippen molar-refractivity contribution in [1.29, 1.82) is 0 Å². The smallest absolute Gasteiger partial charge is 0.252 e. The second kappa shape index (κ2) is 12.3.